The summed E-state index contributed by atoms with van der Waals surface area (Å²) >= 11 is 7.47. The second-order valence-corrected chi connectivity index (χ2v) is 10.3. The Kier molecular flexibility index (Phi) is 7.16. The van der Waals surface area contributed by atoms with Gasteiger partial charge in [-0.25, -0.2) is 9.48 Å². The predicted molar refractivity (Wildman–Crippen MR) is 112 cm³/mol. The zero-order valence-corrected chi connectivity index (χ0v) is 18.8. The molecule has 0 aromatic carbocycles. The molecule has 2 aliphatic rings. The molecule has 2 atom stereocenters. The van der Waals surface area contributed by atoms with Crippen molar-refractivity contribution in [3.8, 4) is 6.07 Å². The van der Waals surface area contributed by atoms with Crippen LogP contribution in [0.4, 0.5) is 0 Å². The standard InChI is InChI=1S/C14H15N7O6S4/c15-3-1-2-8(28)16-9-11(22)21-10(13(23)24)7(4-29-12(9)21)5-30-14-17-18-19-20(14)6-31(25,26)27/h9,12H,1-2,4-6H2,(H,16,28)(H,23,24)(H,25,26,27)/t9?,12-/m1/s1. The third-order valence-electron chi connectivity index (χ3n) is 4.19. The number of amides is 1. The summed E-state index contributed by atoms with van der Waals surface area (Å²) in [6, 6.07) is 1.30. The Bertz CT molecular complexity index is 1090. The van der Waals surface area contributed by atoms with Gasteiger partial charge in [-0.2, -0.15) is 13.7 Å². The largest absolute Gasteiger partial charge is 0.477 e. The van der Waals surface area contributed by atoms with E-state index in [1.54, 1.807) is 0 Å². The number of aromatic nitrogens is 4. The third kappa shape index (κ3) is 5.33. The van der Waals surface area contributed by atoms with Gasteiger partial charge < -0.3 is 10.4 Å². The molecule has 0 aliphatic carbocycles. The average molecular weight is 506 g/mol. The Morgan fingerprint density at radius 3 is 2.87 bits per heavy atom. The molecule has 0 radical (unpaired) electrons. The predicted octanol–water partition coefficient (Wildman–Crippen LogP) is -0.546. The molecule has 0 saturated carbocycles. The lowest BCUT2D eigenvalue weighted by Crippen LogP contribution is -2.70. The molecule has 17 heteroatoms. The number of aliphatic carboxylic acids is 1. The van der Waals surface area contributed by atoms with Gasteiger partial charge in [0, 0.05) is 24.3 Å². The maximum atomic E-state index is 12.6. The van der Waals surface area contributed by atoms with Crippen LogP contribution in [0.1, 0.15) is 12.8 Å². The monoisotopic (exact) mass is 505 g/mol. The van der Waals surface area contributed by atoms with Crippen LogP contribution in [-0.4, -0.2) is 83.0 Å². The highest BCUT2D eigenvalue weighted by Gasteiger charge is 2.53. The zero-order valence-electron chi connectivity index (χ0n) is 15.5. The molecular weight excluding hydrogens is 490 g/mol. The van der Waals surface area contributed by atoms with Gasteiger partial charge in [-0.3, -0.25) is 14.2 Å². The van der Waals surface area contributed by atoms with Crippen molar-refractivity contribution in [3.05, 3.63) is 11.3 Å². The van der Waals surface area contributed by atoms with Crippen LogP contribution in [0.25, 0.3) is 0 Å². The minimum absolute atomic E-state index is 0.0688. The fourth-order valence-electron chi connectivity index (χ4n) is 2.90. The first kappa shape index (κ1) is 23.4. The smallest absolute Gasteiger partial charge is 0.352 e. The van der Waals surface area contributed by atoms with E-state index in [2.05, 4.69) is 20.8 Å². The lowest BCUT2D eigenvalue weighted by atomic mass is 10.0. The molecule has 3 rings (SSSR count). The van der Waals surface area contributed by atoms with Crippen LogP contribution in [0.5, 0.6) is 0 Å². The number of β-lactam (4-membered cyclic amide) rings is 1. The van der Waals surface area contributed by atoms with Gasteiger partial charge in [0.25, 0.3) is 16.0 Å². The molecule has 1 saturated heterocycles. The van der Waals surface area contributed by atoms with Crippen molar-refractivity contribution in [3.63, 3.8) is 0 Å². The van der Waals surface area contributed by atoms with Gasteiger partial charge in [0.1, 0.15) is 17.1 Å². The Hall–Kier alpha value is -2.26. The molecule has 31 heavy (non-hydrogen) atoms. The summed E-state index contributed by atoms with van der Waals surface area (Å²) in [6.45, 7) is 0. The highest BCUT2D eigenvalue weighted by molar-refractivity contribution is 8.01. The first-order valence-electron chi connectivity index (χ1n) is 8.53. The number of thioether (sulfide) groups is 2. The minimum Gasteiger partial charge on any atom is -0.477 e. The van der Waals surface area contributed by atoms with Crippen LogP contribution in [0.15, 0.2) is 16.4 Å². The highest BCUT2D eigenvalue weighted by Crippen LogP contribution is 2.41. The number of tetrazole rings is 1. The molecule has 0 bridgehead atoms. The summed E-state index contributed by atoms with van der Waals surface area (Å²) in [6.07, 6.45) is 0.530. The summed E-state index contributed by atoms with van der Waals surface area (Å²) in [4.78, 5) is 26.0. The maximum Gasteiger partial charge on any atom is 0.352 e. The van der Waals surface area contributed by atoms with E-state index in [1.165, 1.54) is 16.7 Å². The third-order valence-corrected chi connectivity index (χ3v) is 7.47. The van der Waals surface area contributed by atoms with E-state index in [1.807, 2.05) is 6.07 Å². The van der Waals surface area contributed by atoms with E-state index in [0.29, 0.717) is 22.7 Å². The molecule has 1 fully saturated rings. The number of thiocarbonyl (C=S) groups is 1. The molecule has 3 N–H and O–H groups in total. The summed E-state index contributed by atoms with van der Waals surface area (Å²) in [5, 5.41) is 31.3. The molecule has 3 heterocycles. The molecule has 2 aliphatic heterocycles. The Balaban J connectivity index is 1.72. The van der Waals surface area contributed by atoms with Crippen LogP contribution in [0.3, 0.4) is 0 Å². The first-order chi connectivity index (χ1) is 14.6. The van der Waals surface area contributed by atoms with Gasteiger partial charge in [0.05, 0.1) is 11.1 Å². The number of carboxylic acid groups (broad SMARTS) is 1. The Morgan fingerprint density at radius 2 is 2.23 bits per heavy atom. The second-order valence-electron chi connectivity index (χ2n) is 6.33. The fourth-order valence-corrected chi connectivity index (χ4v) is 6.05. The van der Waals surface area contributed by atoms with Gasteiger partial charge in [0.2, 0.25) is 5.16 Å². The lowest BCUT2D eigenvalue weighted by molar-refractivity contribution is -0.148. The van der Waals surface area contributed by atoms with Crippen LogP contribution in [0.2, 0.25) is 0 Å². The summed E-state index contributed by atoms with van der Waals surface area (Å²) < 4.78 is 31.9. The number of rotatable bonds is 9. The second kappa shape index (κ2) is 9.48. The van der Waals surface area contributed by atoms with Crippen molar-refractivity contribution in [1.82, 2.24) is 30.4 Å². The van der Waals surface area contributed by atoms with Crippen LogP contribution in [-0.2, 0) is 25.6 Å². The van der Waals surface area contributed by atoms with Crippen molar-refractivity contribution >= 4 is 62.7 Å². The summed E-state index contributed by atoms with van der Waals surface area (Å²) in [5.74, 6) is -2.14. The van der Waals surface area contributed by atoms with E-state index < -0.39 is 39.3 Å². The number of nitriles is 1. The van der Waals surface area contributed by atoms with Crippen molar-refractivity contribution in [2.45, 2.75) is 35.3 Å². The van der Waals surface area contributed by atoms with Gasteiger partial charge in [-0.05, 0) is 16.0 Å². The number of carbonyl (C=O) groups excluding carboxylic acids is 1. The lowest BCUT2D eigenvalue weighted by Gasteiger charge is -2.49. The molecular formula is C14H15N7O6S4. The Morgan fingerprint density at radius 1 is 1.48 bits per heavy atom. The molecule has 0 spiro atoms. The number of carbonyl (C=O) groups is 2. The molecule has 1 aromatic heterocycles. The topological polar surface area (TPSA) is 191 Å². The SMILES string of the molecule is N#CCCC(=S)NC1C(=O)N2C(C(=O)O)=C(CSc3nnnn3CS(=O)(=O)O)CS[C@H]12. The van der Waals surface area contributed by atoms with Gasteiger partial charge >= 0.3 is 5.97 Å². The number of fused-ring (bicyclic) bond motifs is 1. The number of hydrogen-bond donors (Lipinski definition) is 3. The molecule has 13 nitrogen and oxygen atoms in total. The number of nitrogens with zero attached hydrogens (tertiary/aromatic N) is 6. The molecule has 1 unspecified atom stereocenters. The van der Waals surface area contributed by atoms with E-state index in [-0.39, 0.29) is 23.0 Å². The summed E-state index contributed by atoms with van der Waals surface area (Å²) in [7, 11) is -4.36. The van der Waals surface area contributed by atoms with E-state index in [9.17, 15) is 23.1 Å². The van der Waals surface area contributed by atoms with Gasteiger partial charge in [-0.15, -0.1) is 16.9 Å². The van der Waals surface area contributed by atoms with E-state index >= 15 is 0 Å². The van der Waals surface area contributed by atoms with E-state index in [4.69, 9.17) is 22.0 Å². The van der Waals surface area contributed by atoms with Gasteiger partial charge in [0.15, 0.2) is 5.88 Å². The first-order valence-corrected chi connectivity index (χ1v) is 12.6. The maximum absolute atomic E-state index is 12.6. The normalized spacial score (nSPS) is 20.6. The quantitative estimate of drug-likeness (QED) is 0.168. The highest BCUT2D eigenvalue weighted by atomic mass is 32.2. The van der Waals surface area contributed by atoms with Crippen LogP contribution in [0, 0.1) is 11.3 Å². The summed E-state index contributed by atoms with van der Waals surface area (Å²) in [5.41, 5.74) is 0.301. The van der Waals surface area contributed by atoms with Crippen molar-refractivity contribution in [2.75, 3.05) is 11.5 Å². The average Bonchev–Trinajstić information content (AvgIpc) is 3.12. The Labute approximate surface area is 190 Å². The van der Waals surface area contributed by atoms with Crippen molar-refractivity contribution < 1.29 is 27.7 Å². The number of hydrogen-bond acceptors (Lipinski definition) is 11. The minimum atomic E-state index is -4.36. The van der Waals surface area contributed by atoms with E-state index in [0.717, 1.165) is 16.4 Å². The van der Waals surface area contributed by atoms with Crippen molar-refractivity contribution in [1.29, 1.82) is 5.26 Å². The fraction of sp³-hybridized carbons (Fsp3) is 0.500. The number of carboxylic acids is 1. The molecule has 166 valence electrons. The van der Waals surface area contributed by atoms with Gasteiger partial charge in [-0.1, -0.05) is 24.0 Å². The molecule has 1 aromatic rings. The molecule has 1 amide bonds. The van der Waals surface area contributed by atoms with Crippen molar-refractivity contribution in [2.24, 2.45) is 0 Å². The van der Waals surface area contributed by atoms with Crippen LogP contribution >= 0.6 is 35.7 Å². The van der Waals surface area contributed by atoms with Crippen LogP contribution < -0.4 is 5.32 Å². The zero-order chi connectivity index (χ0) is 22.8. The number of nitrogens with one attached hydrogen (secondary N) is 1.